The van der Waals surface area contributed by atoms with Gasteiger partial charge < -0.3 is 28.9 Å². The molecule has 0 spiro atoms. The highest BCUT2D eigenvalue weighted by Crippen LogP contribution is 2.33. The second kappa shape index (κ2) is 19.3. The molecule has 56 heavy (non-hydrogen) atoms. The quantitative estimate of drug-likeness (QED) is 0.0830. The molecule has 0 radical (unpaired) electrons. The Balaban J connectivity index is 0.00000262. The van der Waals surface area contributed by atoms with E-state index in [2.05, 4.69) is 58.5 Å². The Morgan fingerprint density at radius 1 is 0.518 bits per heavy atom. The smallest absolute Gasteiger partial charge is 0.302 e. The Morgan fingerprint density at radius 3 is 1.30 bits per heavy atom. The zero-order valence-electron chi connectivity index (χ0n) is 32.4. The van der Waals surface area contributed by atoms with Gasteiger partial charge in [-0.05, 0) is 122 Å². The van der Waals surface area contributed by atoms with Gasteiger partial charge in [-0.3, -0.25) is 9.59 Å². The minimum atomic E-state index is -0.263. The zero-order chi connectivity index (χ0) is 39.3. The van der Waals surface area contributed by atoms with Gasteiger partial charge in [0.2, 0.25) is 0 Å². The predicted octanol–water partition coefficient (Wildman–Crippen LogP) is 10.5. The van der Waals surface area contributed by atoms with Gasteiger partial charge in [-0.1, -0.05) is 38.1 Å². The number of rotatable bonds is 14. The predicted molar refractivity (Wildman–Crippen MR) is 224 cm³/mol. The number of nitrogens with one attached hydrogen (secondary N) is 2. The van der Waals surface area contributed by atoms with E-state index in [0.29, 0.717) is 26.4 Å². The van der Waals surface area contributed by atoms with Crippen LogP contribution in [0.25, 0.3) is 68.6 Å². The largest absolute Gasteiger partial charge is 0.494 e. The molecule has 5 heterocycles. The first-order valence-electron chi connectivity index (χ1n) is 19.2. The molecule has 0 saturated heterocycles. The molecule has 0 fully saturated rings. The van der Waals surface area contributed by atoms with Gasteiger partial charge in [-0.15, -0.1) is 0 Å². The second-order valence-corrected chi connectivity index (χ2v) is 13.0. The molecule has 10 heteroatoms. The van der Waals surface area contributed by atoms with Crippen LogP contribution in [0.2, 0.25) is 0 Å². The molecule has 5 aromatic rings. The lowest BCUT2D eigenvalue weighted by Crippen LogP contribution is -2.03. The van der Waals surface area contributed by atoms with Crippen molar-refractivity contribution in [3.05, 3.63) is 108 Å². The summed E-state index contributed by atoms with van der Waals surface area (Å²) in [6.45, 7) is 8.72. The number of unbranched alkanes of at least 4 members (excludes halogenated alkanes) is 2. The number of hydrogen-bond acceptors (Lipinski definition) is 8. The first-order chi connectivity index (χ1) is 27.4. The van der Waals surface area contributed by atoms with Crippen LogP contribution in [0.5, 0.6) is 11.5 Å². The van der Waals surface area contributed by atoms with Crippen LogP contribution in [0.4, 0.5) is 0 Å². The molecule has 0 atom stereocenters. The zero-order valence-corrected chi connectivity index (χ0v) is 32.4. The molecule has 8 bridgehead atoms. The van der Waals surface area contributed by atoms with E-state index in [1.165, 1.54) is 13.8 Å². The van der Waals surface area contributed by atoms with Crippen molar-refractivity contribution in [1.82, 2.24) is 19.9 Å². The number of fused-ring (bicyclic) bond motifs is 8. The van der Waals surface area contributed by atoms with Gasteiger partial charge in [-0.25, -0.2) is 9.97 Å². The van der Waals surface area contributed by atoms with Crippen LogP contribution < -0.4 is 9.47 Å². The normalized spacial score (nSPS) is 11.4. The number of hydrogen-bond donors (Lipinski definition) is 2. The van der Waals surface area contributed by atoms with Crippen molar-refractivity contribution in [3.8, 4) is 33.8 Å². The van der Waals surface area contributed by atoms with Crippen LogP contribution >= 0.6 is 0 Å². The highest BCUT2D eigenvalue weighted by atomic mass is 16.5. The van der Waals surface area contributed by atoms with E-state index < -0.39 is 0 Å². The Hall–Kier alpha value is -6.42. The van der Waals surface area contributed by atoms with E-state index in [-0.39, 0.29) is 11.9 Å². The lowest BCUT2D eigenvalue weighted by atomic mass is 10.0. The highest BCUT2D eigenvalue weighted by molar-refractivity contribution is 5.93. The van der Waals surface area contributed by atoms with Gasteiger partial charge in [0.05, 0.1) is 49.2 Å². The van der Waals surface area contributed by atoms with Crippen LogP contribution in [0, 0.1) is 0 Å². The number of carbonyl (C=O) groups is 2. The molecular formula is C46H48N4O6. The Kier molecular flexibility index (Phi) is 13.5. The SMILES string of the molecule is CC.CC(=O)OCCCCOc1ccc(-c2c3nc(cc4ccc([nH]4)c(-c4ccc(OCCCCOC(C)=O)cc4)c4nc(cc5ccc2[nH]5)C=C4)C=C3)cc1. The summed E-state index contributed by atoms with van der Waals surface area (Å²) >= 11 is 0. The number of ether oxygens (including phenoxy) is 4. The van der Waals surface area contributed by atoms with Gasteiger partial charge in [0.25, 0.3) is 0 Å². The summed E-state index contributed by atoms with van der Waals surface area (Å²) in [4.78, 5) is 39.3. The monoisotopic (exact) mass is 752 g/mol. The summed E-state index contributed by atoms with van der Waals surface area (Å²) in [7, 11) is 0. The van der Waals surface area contributed by atoms with E-state index >= 15 is 0 Å². The van der Waals surface area contributed by atoms with E-state index in [1.54, 1.807) is 0 Å². The summed E-state index contributed by atoms with van der Waals surface area (Å²) in [6, 6.07) is 28.5. The van der Waals surface area contributed by atoms with Crippen molar-refractivity contribution < 1.29 is 28.5 Å². The molecule has 2 N–H and O–H groups in total. The van der Waals surface area contributed by atoms with Crippen molar-refractivity contribution in [2.24, 2.45) is 0 Å². The third-order valence-corrected chi connectivity index (χ3v) is 8.91. The maximum Gasteiger partial charge on any atom is 0.302 e. The standard InChI is InChI=1S/C44H42N4O6.C2H6/c1-29(49)51-23-3-5-25-53-37-15-7-31(8-16-37)43-39-19-11-33(45-39)27-35-13-21-41(47-35)44(42-22-14-36(48-42)28-34-12-20-40(43)46-34)32-9-17-38(18-10-32)54-26-6-4-24-52-30(2)50;1-2/h7-22,27-28,45,48H,3-6,23-26H2,1-2H3;1-2H3. The average Bonchev–Trinajstić information content (AvgIpc) is 4.04. The molecule has 0 aliphatic carbocycles. The first kappa shape index (κ1) is 39.3. The molecular weight excluding hydrogens is 705 g/mol. The Bertz CT molecular complexity index is 2190. The van der Waals surface area contributed by atoms with Crippen LogP contribution in [0.3, 0.4) is 0 Å². The molecule has 0 saturated carbocycles. The van der Waals surface area contributed by atoms with Crippen molar-refractivity contribution >= 4 is 58.3 Å². The minimum Gasteiger partial charge on any atom is -0.494 e. The minimum absolute atomic E-state index is 0.263. The lowest BCUT2D eigenvalue weighted by Gasteiger charge is -2.08. The van der Waals surface area contributed by atoms with Crippen molar-refractivity contribution in [3.63, 3.8) is 0 Å². The van der Waals surface area contributed by atoms with Crippen molar-refractivity contribution in [2.75, 3.05) is 26.4 Å². The van der Waals surface area contributed by atoms with Crippen LogP contribution in [-0.2, 0) is 19.1 Å². The molecule has 2 aliphatic rings. The fraction of sp³-hybridized carbons (Fsp3) is 0.261. The number of carbonyl (C=O) groups excluding carboxylic acids is 2. The first-order valence-corrected chi connectivity index (χ1v) is 19.2. The summed E-state index contributed by atoms with van der Waals surface area (Å²) in [5.74, 6) is 1.02. The van der Waals surface area contributed by atoms with Gasteiger partial charge >= 0.3 is 11.9 Å². The third kappa shape index (κ3) is 10.4. The molecule has 0 amide bonds. The summed E-state index contributed by atoms with van der Waals surface area (Å²) < 4.78 is 21.9. The van der Waals surface area contributed by atoms with Crippen molar-refractivity contribution in [1.29, 1.82) is 0 Å². The fourth-order valence-electron chi connectivity index (χ4n) is 6.34. The Morgan fingerprint density at radius 2 is 0.911 bits per heavy atom. The van der Waals surface area contributed by atoms with E-state index in [9.17, 15) is 9.59 Å². The maximum absolute atomic E-state index is 11.0. The lowest BCUT2D eigenvalue weighted by molar-refractivity contribution is -0.142. The number of nitrogens with zero attached hydrogens (tertiary/aromatic N) is 2. The van der Waals surface area contributed by atoms with Gasteiger partial charge in [0, 0.05) is 47.0 Å². The third-order valence-electron chi connectivity index (χ3n) is 8.91. The molecule has 3 aromatic heterocycles. The summed E-state index contributed by atoms with van der Waals surface area (Å²) in [5.41, 5.74) is 11.0. The van der Waals surface area contributed by atoms with E-state index in [1.807, 2.05) is 74.5 Å². The highest BCUT2D eigenvalue weighted by Gasteiger charge is 2.14. The summed E-state index contributed by atoms with van der Waals surface area (Å²) in [5, 5.41) is 0. The number of aromatic amines is 2. The molecule has 10 nitrogen and oxygen atoms in total. The maximum atomic E-state index is 11.0. The number of H-pyrrole nitrogens is 2. The van der Waals surface area contributed by atoms with Gasteiger partial charge in [-0.2, -0.15) is 0 Å². The van der Waals surface area contributed by atoms with Crippen LogP contribution in [0.1, 0.15) is 76.2 Å². The molecule has 7 rings (SSSR count). The summed E-state index contributed by atoms with van der Waals surface area (Å²) in [6.07, 6.45) is 11.2. The van der Waals surface area contributed by atoms with Crippen LogP contribution in [0.15, 0.2) is 84.9 Å². The molecule has 2 aromatic carbocycles. The number of aromatic nitrogens is 4. The average molecular weight is 753 g/mol. The number of benzene rings is 2. The van der Waals surface area contributed by atoms with E-state index in [4.69, 9.17) is 28.9 Å². The topological polar surface area (TPSA) is 128 Å². The molecule has 288 valence electrons. The van der Waals surface area contributed by atoms with Gasteiger partial charge in [0.1, 0.15) is 11.5 Å². The van der Waals surface area contributed by atoms with E-state index in [0.717, 1.165) is 104 Å². The number of esters is 2. The fourth-order valence-corrected chi connectivity index (χ4v) is 6.34. The Labute approximate surface area is 327 Å². The molecule has 0 unspecified atom stereocenters. The second-order valence-electron chi connectivity index (χ2n) is 13.0. The molecule has 2 aliphatic heterocycles. The van der Waals surface area contributed by atoms with Crippen molar-refractivity contribution in [2.45, 2.75) is 53.4 Å². The van der Waals surface area contributed by atoms with Gasteiger partial charge in [0.15, 0.2) is 0 Å². The van der Waals surface area contributed by atoms with Crippen LogP contribution in [-0.4, -0.2) is 58.3 Å².